The molecule has 1 rings (SSSR count). The lowest BCUT2D eigenvalue weighted by atomic mass is 9.67. The highest BCUT2D eigenvalue weighted by Gasteiger charge is 2.43. The van der Waals surface area contributed by atoms with Gasteiger partial charge in [0.1, 0.15) is 0 Å². The smallest absolute Gasteiger partial charge is 0.251 e. The summed E-state index contributed by atoms with van der Waals surface area (Å²) in [5.74, 6) is -0.546. The predicted octanol–water partition coefficient (Wildman–Crippen LogP) is 1.88. The summed E-state index contributed by atoms with van der Waals surface area (Å²) in [5, 5.41) is 11.9. The Bertz CT molecular complexity index is 612. The summed E-state index contributed by atoms with van der Waals surface area (Å²) in [4.78, 5) is 26.3. The van der Waals surface area contributed by atoms with Gasteiger partial charge in [-0.1, -0.05) is 34.6 Å². The first-order valence-electron chi connectivity index (χ1n) is 8.85. The topological polar surface area (TPSA) is 108 Å². The van der Waals surface area contributed by atoms with E-state index >= 15 is 0 Å². The molecule has 26 heavy (non-hydrogen) atoms. The van der Waals surface area contributed by atoms with Crippen LogP contribution in [0.4, 0.5) is 5.69 Å². The van der Waals surface area contributed by atoms with Crippen LogP contribution in [-0.4, -0.2) is 48.1 Å². The molecule has 0 aliphatic carbocycles. The van der Waals surface area contributed by atoms with Crippen molar-refractivity contribution in [1.29, 1.82) is 0 Å². The standard InChI is InChI=1S/C19H32N4O3/c1-6-23(13-18(2,3)19(4,5)17(25)22-26)12-11-21-16(24)14-7-9-15(20)10-8-14/h7-10,26H,6,11-13,20H2,1-5H3,(H,21,24)(H,22,25). The molecular weight excluding hydrogens is 332 g/mol. The number of anilines is 1. The molecule has 0 heterocycles. The zero-order valence-electron chi connectivity index (χ0n) is 16.4. The van der Waals surface area contributed by atoms with E-state index in [2.05, 4.69) is 10.2 Å². The minimum Gasteiger partial charge on any atom is -0.399 e. The molecule has 0 spiro atoms. The molecule has 0 aromatic heterocycles. The second-order valence-electron chi connectivity index (χ2n) is 7.70. The number of carbonyl (C=O) groups excluding carboxylic acids is 2. The van der Waals surface area contributed by atoms with Crippen molar-refractivity contribution in [2.75, 3.05) is 31.9 Å². The van der Waals surface area contributed by atoms with E-state index in [1.54, 1.807) is 29.7 Å². The van der Waals surface area contributed by atoms with Crippen molar-refractivity contribution in [1.82, 2.24) is 15.7 Å². The first-order valence-corrected chi connectivity index (χ1v) is 8.85. The first-order chi connectivity index (χ1) is 12.0. The van der Waals surface area contributed by atoms with Gasteiger partial charge in [-0.2, -0.15) is 0 Å². The molecule has 0 radical (unpaired) electrons. The van der Waals surface area contributed by atoms with Crippen molar-refractivity contribution < 1.29 is 14.8 Å². The number of amides is 2. The number of benzene rings is 1. The first kappa shape index (κ1) is 21.9. The fourth-order valence-electron chi connectivity index (χ4n) is 2.62. The lowest BCUT2D eigenvalue weighted by Gasteiger charge is -2.42. The van der Waals surface area contributed by atoms with E-state index < -0.39 is 11.3 Å². The SMILES string of the molecule is CCN(CCNC(=O)c1ccc(N)cc1)CC(C)(C)C(C)(C)C(=O)NO. The second kappa shape index (κ2) is 9.00. The van der Waals surface area contributed by atoms with Crippen LogP contribution in [-0.2, 0) is 4.79 Å². The molecule has 0 saturated heterocycles. The van der Waals surface area contributed by atoms with Gasteiger partial charge in [-0.3, -0.25) is 14.8 Å². The van der Waals surface area contributed by atoms with Crippen molar-refractivity contribution in [3.8, 4) is 0 Å². The highest BCUT2D eigenvalue weighted by Crippen LogP contribution is 2.39. The van der Waals surface area contributed by atoms with Gasteiger partial charge in [0.05, 0.1) is 5.41 Å². The average molecular weight is 364 g/mol. The lowest BCUT2D eigenvalue weighted by Crippen LogP contribution is -2.51. The Morgan fingerprint density at radius 2 is 1.73 bits per heavy atom. The number of hydrogen-bond acceptors (Lipinski definition) is 5. The summed E-state index contributed by atoms with van der Waals surface area (Å²) >= 11 is 0. The van der Waals surface area contributed by atoms with Gasteiger partial charge in [-0.15, -0.1) is 0 Å². The maximum atomic E-state index is 12.1. The predicted molar refractivity (Wildman–Crippen MR) is 103 cm³/mol. The molecule has 7 heteroatoms. The van der Waals surface area contributed by atoms with E-state index in [1.807, 2.05) is 34.6 Å². The van der Waals surface area contributed by atoms with Gasteiger partial charge in [0, 0.05) is 30.9 Å². The summed E-state index contributed by atoms with van der Waals surface area (Å²) < 4.78 is 0. The Balaban J connectivity index is 2.60. The summed E-state index contributed by atoms with van der Waals surface area (Å²) in [7, 11) is 0. The normalized spacial score (nSPS) is 12.1. The molecular formula is C19H32N4O3. The number of nitrogen functional groups attached to an aromatic ring is 1. The molecule has 146 valence electrons. The number of nitrogens with two attached hydrogens (primary N) is 1. The Kier molecular flexibility index (Phi) is 7.59. The molecule has 1 aromatic rings. The van der Waals surface area contributed by atoms with Crippen molar-refractivity contribution in [3.05, 3.63) is 29.8 Å². The zero-order chi connectivity index (χ0) is 20.0. The van der Waals surface area contributed by atoms with Gasteiger partial charge in [0.15, 0.2) is 0 Å². The van der Waals surface area contributed by atoms with Crippen LogP contribution in [0.3, 0.4) is 0 Å². The largest absolute Gasteiger partial charge is 0.399 e. The van der Waals surface area contributed by atoms with Crippen molar-refractivity contribution in [3.63, 3.8) is 0 Å². The summed E-state index contributed by atoms with van der Waals surface area (Å²) in [6.45, 7) is 12.3. The van der Waals surface area contributed by atoms with E-state index in [0.29, 0.717) is 30.9 Å². The van der Waals surface area contributed by atoms with Crippen LogP contribution in [0.15, 0.2) is 24.3 Å². The maximum Gasteiger partial charge on any atom is 0.251 e. The maximum absolute atomic E-state index is 12.1. The van der Waals surface area contributed by atoms with Gasteiger partial charge < -0.3 is 16.0 Å². The van der Waals surface area contributed by atoms with E-state index in [0.717, 1.165) is 6.54 Å². The number of likely N-dealkylation sites (N-methyl/N-ethyl adjacent to an activating group) is 1. The quantitative estimate of drug-likeness (QED) is 0.304. The minimum atomic E-state index is -0.748. The minimum absolute atomic E-state index is 0.139. The Morgan fingerprint density at radius 1 is 1.15 bits per heavy atom. The van der Waals surface area contributed by atoms with Crippen molar-refractivity contribution in [2.45, 2.75) is 34.6 Å². The number of nitrogens with one attached hydrogen (secondary N) is 2. The zero-order valence-corrected chi connectivity index (χ0v) is 16.4. The molecule has 1 aromatic carbocycles. The van der Waals surface area contributed by atoms with E-state index in [4.69, 9.17) is 10.9 Å². The number of nitrogens with zero attached hydrogens (tertiary/aromatic N) is 1. The molecule has 7 nitrogen and oxygen atoms in total. The highest BCUT2D eigenvalue weighted by atomic mass is 16.5. The van der Waals surface area contributed by atoms with Gasteiger partial charge in [0.2, 0.25) is 5.91 Å². The number of hydrogen-bond donors (Lipinski definition) is 4. The van der Waals surface area contributed by atoms with E-state index in [1.165, 1.54) is 0 Å². The molecule has 0 saturated carbocycles. The summed E-state index contributed by atoms with van der Waals surface area (Å²) in [5.41, 5.74) is 7.45. The molecule has 5 N–H and O–H groups in total. The van der Waals surface area contributed by atoms with Gasteiger partial charge >= 0.3 is 0 Å². The molecule has 0 aliphatic heterocycles. The van der Waals surface area contributed by atoms with E-state index in [9.17, 15) is 9.59 Å². The van der Waals surface area contributed by atoms with Crippen LogP contribution in [0.25, 0.3) is 0 Å². The number of carbonyl (C=O) groups is 2. The molecule has 0 unspecified atom stereocenters. The van der Waals surface area contributed by atoms with E-state index in [-0.39, 0.29) is 11.3 Å². The molecule has 0 fully saturated rings. The fraction of sp³-hybridized carbons (Fsp3) is 0.579. The fourth-order valence-corrected chi connectivity index (χ4v) is 2.62. The van der Waals surface area contributed by atoms with Crippen LogP contribution in [0, 0.1) is 10.8 Å². The molecule has 0 aliphatic rings. The highest BCUT2D eigenvalue weighted by molar-refractivity contribution is 5.94. The Labute approximate surface area is 155 Å². The summed E-state index contributed by atoms with van der Waals surface area (Å²) in [6, 6.07) is 6.79. The molecule has 0 bridgehead atoms. The lowest BCUT2D eigenvalue weighted by molar-refractivity contribution is -0.145. The van der Waals surface area contributed by atoms with Crippen LogP contribution in [0.5, 0.6) is 0 Å². The van der Waals surface area contributed by atoms with Gasteiger partial charge in [0.25, 0.3) is 5.91 Å². The summed E-state index contributed by atoms with van der Waals surface area (Å²) in [6.07, 6.45) is 0. The number of rotatable bonds is 9. The average Bonchev–Trinajstić information content (AvgIpc) is 2.60. The van der Waals surface area contributed by atoms with Gasteiger partial charge in [-0.25, -0.2) is 5.48 Å². The number of hydroxylamine groups is 1. The van der Waals surface area contributed by atoms with Crippen LogP contribution >= 0.6 is 0 Å². The van der Waals surface area contributed by atoms with Crippen molar-refractivity contribution in [2.24, 2.45) is 10.8 Å². The Hall–Kier alpha value is -2.12. The molecule has 2 amide bonds. The third-order valence-corrected chi connectivity index (χ3v) is 5.31. The van der Waals surface area contributed by atoms with Gasteiger partial charge in [-0.05, 0) is 36.2 Å². The van der Waals surface area contributed by atoms with Crippen LogP contribution in [0.2, 0.25) is 0 Å². The molecule has 0 atom stereocenters. The third kappa shape index (κ3) is 5.44. The third-order valence-electron chi connectivity index (χ3n) is 5.31. The monoisotopic (exact) mass is 364 g/mol. The second-order valence-corrected chi connectivity index (χ2v) is 7.70. The van der Waals surface area contributed by atoms with Crippen LogP contribution < -0.4 is 16.5 Å². The van der Waals surface area contributed by atoms with Crippen molar-refractivity contribution >= 4 is 17.5 Å². The van der Waals surface area contributed by atoms with Crippen LogP contribution in [0.1, 0.15) is 45.0 Å². The Morgan fingerprint density at radius 3 is 2.23 bits per heavy atom.